The zero-order chi connectivity index (χ0) is 24.8. The minimum absolute atomic E-state index is 0.707. The van der Waals surface area contributed by atoms with Crippen LogP contribution in [0.2, 0.25) is 0 Å². The van der Waals surface area contributed by atoms with Crippen LogP contribution in [0, 0.1) is 13.8 Å². The molecule has 6 heteroatoms. The Morgan fingerprint density at radius 1 is 0.618 bits per heavy atom. The number of hydrogen-bond donors (Lipinski definition) is 2. The van der Waals surface area contributed by atoms with Gasteiger partial charge in [-0.3, -0.25) is 0 Å². The first kappa shape index (κ1) is 28.1. The molecule has 0 bridgehead atoms. The molecule has 0 aliphatic carbocycles. The van der Waals surface area contributed by atoms with Gasteiger partial charge in [-0.15, -0.1) is 0 Å². The number of nitrogens with two attached hydrogens (primary N) is 2. The fraction of sp³-hybridized carbons (Fsp3) is 0.571. The topological polar surface area (TPSA) is 77.0 Å². The average Bonchev–Trinajstić information content (AvgIpc) is 2.84. The Labute approximate surface area is 207 Å². The van der Waals surface area contributed by atoms with Crippen molar-refractivity contribution >= 4 is 0 Å². The minimum atomic E-state index is 0.707. The first-order valence-electron chi connectivity index (χ1n) is 12.7. The standard InChI is InChI=1S/C28H46N4O2/c1-23-25(11-5-13-27(23)33-21-9-19-31(3)17-7-15-29)26-12-6-14-28(24(26)2)34-22-10-20-32(4)18-8-16-30/h5-6,11-14H,7-10,15-22,29-30H2,1-4H3. The molecule has 6 nitrogen and oxygen atoms in total. The average molecular weight is 471 g/mol. The monoisotopic (exact) mass is 470 g/mol. The third-order valence-corrected chi connectivity index (χ3v) is 6.23. The second-order valence-corrected chi connectivity index (χ2v) is 9.15. The van der Waals surface area contributed by atoms with Gasteiger partial charge in [0.1, 0.15) is 11.5 Å². The smallest absolute Gasteiger partial charge is 0.122 e. The quantitative estimate of drug-likeness (QED) is 0.340. The van der Waals surface area contributed by atoms with E-state index in [0.29, 0.717) is 13.2 Å². The SMILES string of the molecule is Cc1c(OCCCN(C)CCCN)cccc1-c1cccc(OCCCN(C)CCCN)c1C. The van der Waals surface area contributed by atoms with E-state index in [2.05, 4.69) is 74.1 Å². The molecule has 2 aromatic rings. The number of benzene rings is 2. The van der Waals surface area contributed by atoms with Gasteiger partial charge in [-0.1, -0.05) is 24.3 Å². The van der Waals surface area contributed by atoms with Crippen LogP contribution >= 0.6 is 0 Å². The van der Waals surface area contributed by atoms with Crippen molar-refractivity contribution in [2.75, 3.05) is 66.6 Å². The number of rotatable bonds is 17. The third kappa shape index (κ3) is 9.26. The van der Waals surface area contributed by atoms with Gasteiger partial charge in [0.05, 0.1) is 13.2 Å². The molecule has 2 aromatic carbocycles. The second-order valence-electron chi connectivity index (χ2n) is 9.15. The molecule has 190 valence electrons. The molecule has 0 amide bonds. The molecule has 0 aliphatic heterocycles. The molecule has 0 saturated heterocycles. The van der Waals surface area contributed by atoms with E-state index in [1.54, 1.807) is 0 Å². The molecule has 0 unspecified atom stereocenters. The summed E-state index contributed by atoms with van der Waals surface area (Å²) >= 11 is 0. The van der Waals surface area contributed by atoms with E-state index in [4.69, 9.17) is 20.9 Å². The van der Waals surface area contributed by atoms with Crippen molar-refractivity contribution in [2.24, 2.45) is 11.5 Å². The van der Waals surface area contributed by atoms with Gasteiger partial charge >= 0.3 is 0 Å². The van der Waals surface area contributed by atoms with E-state index >= 15 is 0 Å². The van der Waals surface area contributed by atoms with E-state index in [-0.39, 0.29) is 0 Å². The Hall–Kier alpha value is -2.12. The summed E-state index contributed by atoms with van der Waals surface area (Å²) in [5.41, 5.74) is 15.9. The number of hydrogen-bond acceptors (Lipinski definition) is 6. The zero-order valence-corrected chi connectivity index (χ0v) is 21.8. The fourth-order valence-electron chi connectivity index (χ4n) is 4.10. The Kier molecular flexibility index (Phi) is 13.0. The summed E-state index contributed by atoms with van der Waals surface area (Å²) < 4.78 is 12.3. The molecule has 0 heterocycles. The van der Waals surface area contributed by atoms with Crippen LogP contribution in [0.4, 0.5) is 0 Å². The number of ether oxygens (including phenoxy) is 2. The van der Waals surface area contributed by atoms with Crippen LogP contribution in [-0.2, 0) is 0 Å². The van der Waals surface area contributed by atoms with Crippen molar-refractivity contribution in [3.05, 3.63) is 47.5 Å². The van der Waals surface area contributed by atoms with Gasteiger partial charge in [-0.05, 0) is 114 Å². The van der Waals surface area contributed by atoms with Crippen LogP contribution in [0.25, 0.3) is 11.1 Å². The summed E-state index contributed by atoms with van der Waals surface area (Å²) in [6, 6.07) is 12.6. The third-order valence-electron chi connectivity index (χ3n) is 6.23. The lowest BCUT2D eigenvalue weighted by molar-refractivity contribution is 0.260. The Morgan fingerprint density at radius 2 is 1.00 bits per heavy atom. The fourth-order valence-corrected chi connectivity index (χ4v) is 4.10. The highest BCUT2D eigenvalue weighted by atomic mass is 16.5. The van der Waals surface area contributed by atoms with Gasteiger partial charge in [-0.25, -0.2) is 0 Å². The Bertz CT molecular complexity index is 774. The highest BCUT2D eigenvalue weighted by molar-refractivity contribution is 5.74. The van der Waals surface area contributed by atoms with E-state index in [0.717, 1.165) is 76.5 Å². The van der Waals surface area contributed by atoms with Crippen LogP contribution in [-0.4, -0.2) is 76.4 Å². The highest BCUT2D eigenvalue weighted by Gasteiger charge is 2.12. The van der Waals surface area contributed by atoms with Crippen LogP contribution in [0.15, 0.2) is 36.4 Å². The van der Waals surface area contributed by atoms with Gasteiger partial charge < -0.3 is 30.7 Å². The maximum Gasteiger partial charge on any atom is 0.122 e. The molecule has 0 aromatic heterocycles. The molecule has 0 atom stereocenters. The predicted molar refractivity (Wildman–Crippen MR) is 144 cm³/mol. The molecule has 0 radical (unpaired) electrons. The summed E-state index contributed by atoms with van der Waals surface area (Å²) in [6.45, 7) is 11.3. The zero-order valence-electron chi connectivity index (χ0n) is 21.8. The molecule has 0 spiro atoms. The molecular weight excluding hydrogens is 424 g/mol. The van der Waals surface area contributed by atoms with E-state index < -0.39 is 0 Å². The van der Waals surface area contributed by atoms with E-state index in [1.165, 1.54) is 22.3 Å². The molecule has 0 fully saturated rings. The molecule has 34 heavy (non-hydrogen) atoms. The Balaban J connectivity index is 1.95. The van der Waals surface area contributed by atoms with Gasteiger partial charge in [0.25, 0.3) is 0 Å². The van der Waals surface area contributed by atoms with Gasteiger partial charge in [0.15, 0.2) is 0 Å². The lowest BCUT2D eigenvalue weighted by Gasteiger charge is -2.19. The molecule has 4 N–H and O–H groups in total. The predicted octanol–water partition coefficient (Wildman–Crippen LogP) is 4.07. The minimum Gasteiger partial charge on any atom is -0.493 e. The molecule has 2 rings (SSSR count). The molecule has 0 saturated carbocycles. The van der Waals surface area contributed by atoms with Crippen molar-refractivity contribution in [3.8, 4) is 22.6 Å². The molecule has 0 aliphatic rings. The lowest BCUT2D eigenvalue weighted by atomic mass is 9.95. The van der Waals surface area contributed by atoms with Crippen LogP contribution in [0.1, 0.15) is 36.8 Å². The van der Waals surface area contributed by atoms with Crippen LogP contribution in [0.5, 0.6) is 11.5 Å². The maximum atomic E-state index is 6.16. The summed E-state index contributed by atoms with van der Waals surface area (Å²) in [7, 11) is 4.28. The van der Waals surface area contributed by atoms with Gasteiger partial charge in [0.2, 0.25) is 0 Å². The van der Waals surface area contributed by atoms with E-state index in [1.807, 2.05) is 0 Å². The number of nitrogens with zero attached hydrogens (tertiary/aromatic N) is 2. The molecular formula is C28H46N4O2. The summed E-state index contributed by atoms with van der Waals surface area (Å²) in [5.74, 6) is 1.90. The largest absolute Gasteiger partial charge is 0.493 e. The summed E-state index contributed by atoms with van der Waals surface area (Å²) in [6.07, 6.45) is 4.06. The van der Waals surface area contributed by atoms with Gasteiger partial charge in [0, 0.05) is 13.1 Å². The first-order chi connectivity index (χ1) is 16.5. The highest BCUT2D eigenvalue weighted by Crippen LogP contribution is 2.35. The summed E-state index contributed by atoms with van der Waals surface area (Å²) in [5, 5.41) is 0. The van der Waals surface area contributed by atoms with Crippen molar-refractivity contribution in [1.82, 2.24) is 9.80 Å². The Morgan fingerprint density at radius 3 is 1.38 bits per heavy atom. The van der Waals surface area contributed by atoms with Crippen molar-refractivity contribution in [1.29, 1.82) is 0 Å². The van der Waals surface area contributed by atoms with Gasteiger partial charge in [-0.2, -0.15) is 0 Å². The van der Waals surface area contributed by atoms with Crippen molar-refractivity contribution in [3.63, 3.8) is 0 Å². The van der Waals surface area contributed by atoms with Crippen molar-refractivity contribution in [2.45, 2.75) is 39.5 Å². The lowest BCUT2D eigenvalue weighted by Crippen LogP contribution is -2.24. The maximum absolute atomic E-state index is 6.16. The normalized spacial score (nSPS) is 11.4. The van der Waals surface area contributed by atoms with E-state index in [9.17, 15) is 0 Å². The van der Waals surface area contributed by atoms with Crippen molar-refractivity contribution < 1.29 is 9.47 Å². The van der Waals surface area contributed by atoms with Crippen LogP contribution < -0.4 is 20.9 Å². The first-order valence-corrected chi connectivity index (χ1v) is 12.7. The van der Waals surface area contributed by atoms with Crippen LogP contribution in [0.3, 0.4) is 0 Å². The second kappa shape index (κ2) is 15.7. The summed E-state index contributed by atoms with van der Waals surface area (Å²) in [4.78, 5) is 4.62.